The number of nitrogens with zero attached hydrogens (tertiary/aromatic N) is 1. The van der Waals surface area contributed by atoms with Gasteiger partial charge in [-0.1, -0.05) is 43.0 Å². The Bertz CT molecular complexity index is 1680. The molecule has 1 spiro atoms. The van der Waals surface area contributed by atoms with Crippen molar-refractivity contribution in [1.29, 1.82) is 0 Å². The summed E-state index contributed by atoms with van der Waals surface area (Å²) in [6.45, 7) is 9.29. The highest BCUT2D eigenvalue weighted by Crippen LogP contribution is 2.57. The number of carbonyl (C=O) groups is 2. The first-order valence-electron chi connectivity index (χ1n) is 14.1. The lowest BCUT2D eigenvalue weighted by Crippen LogP contribution is -2.33. The van der Waals surface area contributed by atoms with Crippen LogP contribution in [0.15, 0.2) is 97.6 Å². The monoisotopic (exact) mass is 560 g/mol. The summed E-state index contributed by atoms with van der Waals surface area (Å²) in [5.74, 6) is 0.479. The fourth-order valence-electron chi connectivity index (χ4n) is 5.77. The first-order valence-corrected chi connectivity index (χ1v) is 14.1. The fourth-order valence-corrected chi connectivity index (χ4v) is 5.77. The molecule has 0 fully saturated rings. The number of carbonyl (C=O) groups excluding carboxylic acids is 2. The lowest BCUT2D eigenvalue weighted by molar-refractivity contribution is -0.137. The number of benzene rings is 4. The maximum atomic E-state index is 13.3. The molecule has 4 aromatic carbocycles. The fraction of sp³-hybridized carbons (Fsp3) is 0.200. The number of fused-ring (bicyclic) bond motifs is 6. The van der Waals surface area contributed by atoms with E-state index in [4.69, 9.17) is 14.2 Å². The van der Waals surface area contributed by atoms with Crippen LogP contribution in [0.2, 0.25) is 0 Å². The highest BCUT2D eigenvalue weighted by molar-refractivity contribution is 5.97. The van der Waals surface area contributed by atoms with Gasteiger partial charge in [-0.2, -0.15) is 0 Å². The van der Waals surface area contributed by atoms with Crippen molar-refractivity contribution in [3.63, 3.8) is 0 Å². The van der Waals surface area contributed by atoms with Gasteiger partial charge in [0, 0.05) is 59.0 Å². The van der Waals surface area contributed by atoms with E-state index >= 15 is 0 Å². The van der Waals surface area contributed by atoms with Gasteiger partial charge in [-0.3, -0.25) is 0 Å². The van der Waals surface area contributed by atoms with Crippen molar-refractivity contribution < 1.29 is 23.8 Å². The van der Waals surface area contributed by atoms with Crippen LogP contribution < -0.4 is 15.0 Å². The van der Waals surface area contributed by atoms with E-state index in [9.17, 15) is 9.59 Å². The van der Waals surface area contributed by atoms with E-state index in [0.29, 0.717) is 36.6 Å². The van der Waals surface area contributed by atoms with Crippen LogP contribution in [0.5, 0.6) is 11.5 Å². The van der Waals surface area contributed by atoms with Gasteiger partial charge in [0.05, 0.1) is 12.2 Å². The molecule has 7 heteroatoms. The van der Waals surface area contributed by atoms with Crippen molar-refractivity contribution in [3.8, 4) is 11.5 Å². The van der Waals surface area contributed by atoms with Crippen LogP contribution in [-0.4, -0.2) is 31.6 Å². The number of esters is 2. The van der Waals surface area contributed by atoms with E-state index in [1.165, 1.54) is 6.08 Å². The molecule has 0 radical (unpaired) electrons. The third-order valence-electron chi connectivity index (χ3n) is 7.83. The molecule has 212 valence electrons. The van der Waals surface area contributed by atoms with Crippen molar-refractivity contribution in [2.75, 3.05) is 29.9 Å². The van der Waals surface area contributed by atoms with Crippen LogP contribution in [0, 0.1) is 6.92 Å². The Morgan fingerprint density at radius 1 is 0.976 bits per heavy atom. The number of hydrogen-bond donors (Lipinski definition) is 1. The van der Waals surface area contributed by atoms with Crippen LogP contribution in [0.1, 0.15) is 46.0 Å². The highest BCUT2D eigenvalue weighted by Gasteiger charge is 2.53. The van der Waals surface area contributed by atoms with Crippen molar-refractivity contribution >= 4 is 29.0 Å². The van der Waals surface area contributed by atoms with Crippen molar-refractivity contribution in [2.24, 2.45) is 0 Å². The van der Waals surface area contributed by atoms with Crippen molar-refractivity contribution in [1.82, 2.24) is 0 Å². The molecule has 1 unspecified atom stereocenters. The van der Waals surface area contributed by atoms with Crippen LogP contribution in [0.3, 0.4) is 0 Å². The third-order valence-corrected chi connectivity index (χ3v) is 7.83. The molecule has 0 saturated heterocycles. The number of rotatable bonds is 9. The Kier molecular flexibility index (Phi) is 7.17. The summed E-state index contributed by atoms with van der Waals surface area (Å²) in [6, 6.07) is 27.6. The summed E-state index contributed by atoms with van der Waals surface area (Å²) in [7, 11) is 0. The molecule has 0 saturated carbocycles. The van der Waals surface area contributed by atoms with E-state index in [0.717, 1.165) is 45.9 Å². The van der Waals surface area contributed by atoms with Crippen LogP contribution in [-0.2, 0) is 19.9 Å². The predicted molar refractivity (Wildman–Crippen MR) is 163 cm³/mol. The molecule has 2 heterocycles. The highest BCUT2D eigenvalue weighted by atomic mass is 16.6. The minimum Gasteiger partial charge on any atom is -0.462 e. The zero-order valence-electron chi connectivity index (χ0n) is 23.7. The first kappa shape index (κ1) is 27.1. The number of aryl methyl sites for hydroxylation is 1. The minimum atomic E-state index is -1.16. The van der Waals surface area contributed by atoms with Gasteiger partial charge in [-0.05, 0) is 68.3 Å². The average Bonchev–Trinajstić information content (AvgIpc) is 3.30. The number of para-hydroxylation sites is 1. The Balaban J connectivity index is 1.43. The average molecular weight is 561 g/mol. The smallest absolute Gasteiger partial charge is 0.340 e. The van der Waals surface area contributed by atoms with Gasteiger partial charge in [0.25, 0.3) is 0 Å². The van der Waals surface area contributed by atoms with E-state index in [-0.39, 0.29) is 5.97 Å². The van der Waals surface area contributed by atoms with Crippen molar-refractivity contribution in [3.05, 3.63) is 125 Å². The normalized spacial score (nSPS) is 16.0. The lowest BCUT2D eigenvalue weighted by Gasteiger charge is -2.38. The summed E-state index contributed by atoms with van der Waals surface area (Å²) in [5.41, 5.74) is 5.52. The second kappa shape index (κ2) is 11.1. The maximum Gasteiger partial charge on any atom is 0.340 e. The van der Waals surface area contributed by atoms with Crippen molar-refractivity contribution in [2.45, 2.75) is 25.9 Å². The maximum absolute atomic E-state index is 13.3. The summed E-state index contributed by atoms with van der Waals surface area (Å²) in [5, 5.41) is 3.52. The zero-order valence-corrected chi connectivity index (χ0v) is 23.7. The van der Waals surface area contributed by atoms with Gasteiger partial charge in [0.2, 0.25) is 0 Å². The Hall–Kier alpha value is -5.04. The standard InChI is InChI=1S/C35H32N2O5/c1-4-33(38)40-19-11-18-37(5-2)25-16-17-28-32(21-25)41-31-20-23(3)30(36-24-12-7-6-8-13-24)22-29(31)35(28)27-15-10-9-14-26(27)34(39)42-35/h4,6-10,12-17,20-22,36H,1,5,11,18-19H2,2-3H3. The van der Waals surface area contributed by atoms with Gasteiger partial charge < -0.3 is 24.4 Å². The van der Waals surface area contributed by atoms with E-state index in [2.05, 4.69) is 23.7 Å². The SMILES string of the molecule is C=CC(=O)OCCCN(CC)c1ccc2c(c1)Oc1cc(C)c(Nc3ccccc3)cc1C21OC(=O)c2ccccc21. The van der Waals surface area contributed by atoms with E-state index in [1.54, 1.807) is 0 Å². The van der Waals surface area contributed by atoms with Crippen LogP contribution >= 0.6 is 0 Å². The molecule has 6 rings (SSSR count). The molecule has 0 aromatic heterocycles. The van der Waals surface area contributed by atoms with Gasteiger partial charge in [-0.15, -0.1) is 0 Å². The molecule has 42 heavy (non-hydrogen) atoms. The Morgan fingerprint density at radius 2 is 1.74 bits per heavy atom. The zero-order chi connectivity index (χ0) is 29.3. The molecule has 0 bridgehead atoms. The van der Waals surface area contributed by atoms with Gasteiger partial charge in [0.1, 0.15) is 11.5 Å². The number of anilines is 3. The minimum absolute atomic E-state index is 0.310. The largest absolute Gasteiger partial charge is 0.462 e. The van der Waals surface area contributed by atoms with E-state index < -0.39 is 11.6 Å². The first-order chi connectivity index (χ1) is 20.4. The summed E-state index contributed by atoms with van der Waals surface area (Å²) in [6.07, 6.45) is 1.84. The van der Waals surface area contributed by atoms with Gasteiger partial charge in [0.15, 0.2) is 5.60 Å². The van der Waals surface area contributed by atoms with Crippen LogP contribution in [0.25, 0.3) is 0 Å². The summed E-state index contributed by atoms with van der Waals surface area (Å²) >= 11 is 0. The molecule has 2 aliphatic heterocycles. The Labute approximate surface area is 245 Å². The summed E-state index contributed by atoms with van der Waals surface area (Å²) in [4.78, 5) is 26.9. The number of nitrogens with one attached hydrogen (secondary N) is 1. The molecule has 1 atom stereocenters. The topological polar surface area (TPSA) is 77.1 Å². The van der Waals surface area contributed by atoms with Gasteiger partial charge in [-0.25, -0.2) is 9.59 Å². The van der Waals surface area contributed by atoms with E-state index in [1.807, 2.05) is 91.9 Å². The molecule has 4 aromatic rings. The number of hydrogen-bond acceptors (Lipinski definition) is 7. The molecule has 0 amide bonds. The van der Waals surface area contributed by atoms with Gasteiger partial charge >= 0.3 is 11.9 Å². The lowest BCUT2D eigenvalue weighted by atomic mass is 9.77. The summed E-state index contributed by atoms with van der Waals surface area (Å²) < 4.78 is 18.1. The molecular formula is C35H32N2O5. The molecule has 2 aliphatic rings. The molecule has 7 nitrogen and oxygen atoms in total. The quantitative estimate of drug-likeness (QED) is 0.131. The molecule has 1 N–H and O–H groups in total. The second-order valence-corrected chi connectivity index (χ2v) is 10.4. The molecular weight excluding hydrogens is 528 g/mol. The van der Waals surface area contributed by atoms with Crippen LogP contribution in [0.4, 0.5) is 17.1 Å². The predicted octanol–water partition coefficient (Wildman–Crippen LogP) is 7.25. The Morgan fingerprint density at radius 3 is 2.52 bits per heavy atom. The molecule has 0 aliphatic carbocycles. The third kappa shape index (κ3) is 4.67. The second-order valence-electron chi connectivity index (χ2n) is 10.4. The number of ether oxygens (including phenoxy) is 3.